The van der Waals surface area contributed by atoms with Crippen molar-refractivity contribution in [2.24, 2.45) is 0 Å². The second kappa shape index (κ2) is 7.74. The lowest BCUT2D eigenvalue weighted by Gasteiger charge is -2.20. The maximum absolute atomic E-state index is 12.9. The van der Waals surface area contributed by atoms with Crippen molar-refractivity contribution in [3.63, 3.8) is 0 Å². The molecule has 1 rings (SSSR count). The molecule has 0 aliphatic rings. The monoisotopic (exact) mass is 317 g/mol. The van der Waals surface area contributed by atoms with Crippen LogP contribution in [0.1, 0.15) is 33.6 Å². The minimum Gasteiger partial charge on any atom is -0.488 e. The lowest BCUT2D eigenvalue weighted by Crippen LogP contribution is -2.36. The predicted octanol–water partition coefficient (Wildman–Crippen LogP) is 4.13. The lowest BCUT2D eigenvalue weighted by atomic mass is 10.1. The number of hydrogen-bond donors (Lipinski definition) is 1. The van der Waals surface area contributed by atoms with Gasteiger partial charge in [-0.25, -0.2) is 4.39 Å². The van der Waals surface area contributed by atoms with Crippen molar-refractivity contribution in [2.75, 3.05) is 6.54 Å². The Morgan fingerprint density at radius 1 is 1.33 bits per heavy atom. The number of halogens is 2. The van der Waals surface area contributed by atoms with Gasteiger partial charge in [-0.05, 0) is 53.9 Å². The smallest absolute Gasteiger partial charge is 0.134 e. The van der Waals surface area contributed by atoms with Crippen molar-refractivity contribution >= 4 is 15.9 Å². The molecule has 0 aromatic heterocycles. The van der Waals surface area contributed by atoms with Gasteiger partial charge in [-0.1, -0.05) is 13.8 Å². The van der Waals surface area contributed by atoms with Crippen molar-refractivity contribution in [1.82, 2.24) is 5.32 Å². The van der Waals surface area contributed by atoms with E-state index in [0.717, 1.165) is 19.4 Å². The Balaban J connectivity index is 2.46. The normalized spacial score (nSPS) is 12.8. The van der Waals surface area contributed by atoms with Gasteiger partial charge in [-0.15, -0.1) is 0 Å². The molecule has 0 amide bonds. The molecule has 1 aromatic carbocycles. The molecule has 0 saturated carbocycles. The standard InChI is InChI=1S/C14H21BrFNO/c1-4-12(5-2)17-9-10(3)18-14-7-6-11(16)8-13(14)15/h6-8,10,12,17H,4-5,9H2,1-3H3. The zero-order valence-electron chi connectivity index (χ0n) is 11.2. The van der Waals surface area contributed by atoms with Crippen molar-refractivity contribution in [2.45, 2.75) is 45.8 Å². The van der Waals surface area contributed by atoms with E-state index in [1.165, 1.54) is 12.1 Å². The third-order valence-electron chi connectivity index (χ3n) is 2.90. The van der Waals surface area contributed by atoms with E-state index in [0.29, 0.717) is 16.3 Å². The third kappa shape index (κ3) is 4.94. The van der Waals surface area contributed by atoms with Crippen LogP contribution in [0.5, 0.6) is 5.75 Å². The first-order valence-corrected chi connectivity index (χ1v) is 7.21. The molecule has 1 aromatic rings. The van der Waals surface area contributed by atoms with Crippen LogP contribution < -0.4 is 10.1 Å². The molecule has 0 aliphatic heterocycles. The molecule has 1 N–H and O–H groups in total. The van der Waals surface area contributed by atoms with E-state index >= 15 is 0 Å². The topological polar surface area (TPSA) is 21.3 Å². The number of nitrogens with one attached hydrogen (secondary N) is 1. The minimum atomic E-state index is -0.267. The van der Waals surface area contributed by atoms with Crippen LogP contribution in [0.15, 0.2) is 22.7 Å². The van der Waals surface area contributed by atoms with Gasteiger partial charge in [0.2, 0.25) is 0 Å². The predicted molar refractivity (Wildman–Crippen MR) is 76.6 cm³/mol. The maximum Gasteiger partial charge on any atom is 0.134 e. The molecule has 0 bridgehead atoms. The van der Waals surface area contributed by atoms with Crippen LogP contribution >= 0.6 is 15.9 Å². The van der Waals surface area contributed by atoms with Crippen LogP contribution in [-0.2, 0) is 0 Å². The Hall–Kier alpha value is -0.610. The first kappa shape index (κ1) is 15.4. The summed E-state index contributed by atoms with van der Waals surface area (Å²) in [6.07, 6.45) is 2.28. The van der Waals surface area contributed by atoms with E-state index in [-0.39, 0.29) is 11.9 Å². The fourth-order valence-corrected chi connectivity index (χ4v) is 2.18. The number of rotatable bonds is 7. The largest absolute Gasteiger partial charge is 0.488 e. The highest BCUT2D eigenvalue weighted by Crippen LogP contribution is 2.26. The SMILES string of the molecule is CCC(CC)NCC(C)Oc1ccc(F)cc1Br. The quantitative estimate of drug-likeness (QED) is 0.816. The molecule has 0 aliphatic carbocycles. The van der Waals surface area contributed by atoms with E-state index in [9.17, 15) is 4.39 Å². The van der Waals surface area contributed by atoms with E-state index in [1.807, 2.05) is 6.92 Å². The summed E-state index contributed by atoms with van der Waals surface area (Å²) in [5.41, 5.74) is 0. The van der Waals surface area contributed by atoms with Crippen LogP contribution in [0.25, 0.3) is 0 Å². The van der Waals surface area contributed by atoms with Gasteiger partial charge in [0, 0.05) is 12.6 Å². The van der Waals surface area contributed by atoms with Crippen LogP contribution in [0.2, 0.25) is 0 Å². The highest BCUT2D eigenvalue weighted by Gasteiger charge is 2.10. The molecule has 1 unspecified atom stereocenters. The van der Waals surface area contributed by atoms with Gasteiger partial charge >= 0.3 is 0 Å². The van der Waals surface area contributed by atoms with Crippen LogP contribution in [0.3, 0.4) is 0 Å². The average molecular weight is 318 g/mol. The van der Waals surface area contributed by atoms with Crippen LogP contribution in [0, 0.1) is 5.82 Å². The highest BCUT2D eigenvalue weighted by atomic mass is 79.9. The van der Waals surface area contributed by atoms with Crippen LogP contribution in [0.4, 0.5) is 4.39 Å². The Labute approximate surface area is 117 Å². The van der Waals surface area contributed by atoms with Gasteiger partial charge in [-0.2, -0.15) is 0 Å². The van der Waals surface area contributed by atoms with Crippen molar-refractivity contribution < 1.29 is 9.13 Å². The van der Waals surface area contributed by atoms with Crippen molar-refractivity contribution in [1.29, 1.82) is 0 Å². The molecule has 2 nitrogen and oxygen atoms in total. The van der Waals surface area contributed by atoms with Gasteiger partial charge in [0.05, 0.1) is 4.47 Å². The fourth-order valence-electron chi connectivity index (χ4n) is 1.74. The fraction of sp³-hybridized carbons (Fsp3) is 0.571. The van der Waals surface area contributed by atoms with Gasteiger partial charge in [-0.3, -0.25) is 0 Å². The third-order valence-corrected chi connectivity index (χ3v) is 3.52. The van der Waals surface area contributed by atoms with E-state index < -0.39 is 0 Å². The van der Waals surface area contributed by atoms with E-state index in [1.54, 1.807) is 6.07 Å². The first-order valence-electron chi connectivity index (χ1n) is 6.41. The average Bonchev–Trinajstić information content (AvgIpc) is 2.34. The molecular weight excluding hydrogens is 297 g/mol. The zero-order valence-corrected chi connectivity index (χ0v) is 12.8. The summed E-state index contributed by atoms with van der Waals surface area (Å²) < 4.78 is 19.3. The molecule has 1 atom stereocenters. The summed E-state index contributed by atoms with van der Waals surface area (Å²) in [5, 5.41) is 3.46. The molecule has 0 heterocycles. The van der Waals surface area contributed by atoms with Gasteiger partial charge in [0.25, 0.3) is 0 Å². The Morgan fingerprint density at radius 2 is 2.00 bits per heavy atom. The Bertz CT molecular complexity index is 369. The van der Waals surface area contributed by atoms with E-state index in [4.69, 9.17) is 4.74 Å². The summed E-state index contributed by atoms with van der Waals surface area (Å²) in [4.78, 5) is 0. The van der Waals surface area contributed by atoms with Crippen molar-refractivity contribution in [3.8, 4) is 5.75 Å². The summed E-state index contributed by atoms with van der Waals surface area (Å²) in [7, 11) is 0. The molecule has 18 heavy (non-hydrogen) atoms. The molecule has 0 saturated heterocycles. The summed E-state index contributed by atoms with van der Waals surface area (Å²) in [6.45, 7) is 7.13. The molecular formula is C14H21BrFNO. The number of benzene rings is 1. The maximum atomic E-state index is 12.9. The van der Waals surface area contributed by atoms with E-state index in [2.05, 4.69) is 35.1 Å². The molecule has 102 valence electrons. The highest BCUT2D eigenvalue weighted by molar-refractivity contribution is 9.10. The summed E-state index contributed by atoms with van der Waals surface area (Å²) >= 11 is 3.30. The Morgan fingerprint density at radius 3 is 2.56 bits per heavy atom. The first-order chi connectivity index (χ1) is 8.56. The second-order valence-electron chi connectivity index (χ2n) is 4.42. The summed E-state index contributed by atoms with van der Waals surface area (Å²) in [5.74, 6) is 0.410. The zero-order chi connectivity index (χ0) is 13.5. The van der Waals surface area contributed by atoms with Gasteiger partial charge < -0.3 is 10.1 Å². The molecule has 0 spiro atoms. The van der Waals surface area contributed by atoms with Crippen molar-refractivity contribution in [3.05, 3.63) is 28.5 Å². The summed E-state index contributed by atoms with van der Waals surface area (Å²) in [6, 6.07) is 5.00. The van der Waals surface area contributed by atoms with Crippen LogP contribution in [-0.4, -0.2) is 18.7 Å². The Kier molecular flexibility index (Phi) is 6.65. The molecule has 0 radical (unpaired) electrons. The second-order valence-corrected chi connectivity index (χ2v) is 5.28. The van der Waals surface area contributed by atoms with Gasteiger partial charge in [0.1, 0.15) is 17.7 Å². The van der Waals surface area contributed by atoms with Gasteiger partial charge in [0.15, 0.2) is 0 Å². The minimum absolute atomic E-state index is 0.0485. The number of hydrogen-bond acceptors (Lipinski definition) is 2. The molecule has 0 fully saturated rings. The lowest BCUT2D eigenvalue weighted by molar-refractivity contribution is 0.208. The molecule has 4 heteroatoms. The number of ether oxygens (including phenoxy) is 1.